The highest BCUT2D eigenvalue weighted by molar-refractivity contribution is 5.88. The summed E-state index contributed by atoms with van der Waals surface area (Å²) in [5.74, 6) is -4.40. The number of hydrogen-bond acceptors (Lipinski definition) is 14. The third-order valence-corrected chi connectivity index (χ3v) is 12.1. The van der Waals surface area contributed by atoms with Crippen LogP contribution >= 0.6 is 0 Å². The fourth-order valence-corrected chi connectivity index (χ4v) is 8.96. The first-order chi connectivity index (χ1) is 34.2. The fraction of sp³-hybridized carbons (Fsp3) is 0.482. The number of nitrogens with zero attached hydrogens (tertiary/aromatic N) is 3. The molecule has 0 spiro atoms. The number of H-pyrrole nitrogens is 1. The number of carbonyl (C=O) groups is 5. The third kappa shape index (κ3) is 13.3. The maximum absolute atomic E-state index is 15.4. The molecule has 392 valence electrons. The summed E-state index contributed by atoms with van der Waals surface area (Å²) in [5, 5.41) is 2.68. The molecular weight excluding hydrogens is 933 g/mol. The highest BCUT2D eigenvalue weighted by Crippen LogP contribution is 2.47. The molecule has 17 heteroatoms. The normalized spacial score (nSPS) is 18.3. The van der Waals surface area contributed by atoms with Gasteiger partial charge in [0, 0.05) is 11.8 Å². The Bertz CT molecular complexity index is 2590. The van der Waals surface area contributed by atoms with Gasteiger partial charge in [0.25, 0.3) is 0 Å². The lowest BCUT2D eigenvalue weighted by Crippen LogP contribution is -2.52. The lowest BCUT2D eigenvalue weighted by Gasteiger charge is -2.39. The van der Waals surface area contributed by atoms with Crippen molar-refractivity contribution >= 4 is 46.9 Å². The van der Waals surface area contributed by atoms with E-state index in [9.17, 15) is 9.59 Å². The Hall–Kier alpha value is -7.01. The number of carbonyl (C=O) groups excluding carboxylic acids is 5. The van der Waals surface area contributed by atoms with Crippen LogP contribution in [0.5, 0.6) is 0 Å². The largest absolute Gasteiger partial charge is 0.460 e. The summed E-state index contributed by atoms with van der Waals surface area (Å²) in [7, 11) is 0. The first kappa shape index (κ1) is 55.3. The quantitative estimate of drug-likeness (QED) is 0.0476. The number of benzene rings is 3. The molecule has 3 heterocycles. The van der Waals surface area contributed by atoms with Gasteiger partial charge in [0.2, 0.25) is 0 Å². The molecule has 0 saturated carbocycles. The number of alkyl carbamates (subject to hydrolysis) is 1. The minimum Gasteiger partial charge on any atom is -0.460 e. The number of anilines is 1. The van der Waals surface area contributed by atoms with Crippen LogP contribution in [0.15, 0.2) is 104 Å². The van der Waals surface area contributed by atoms with Crippen LogP contribution in [-0.2, 0) is 48.4 Å². The summed E-state index contributed by atoms with van der Waals surface area (Å²) in [6.07, 6.45) is -2.41. The summed E-state index contributed by atoms with van der Waals surface area (Å²) in [6.45, 7) is 22.0. The van der Waals surface area contributed by atoms with Gasteiger partial charge in [-0.05, 0) is 90.8 Å². The number of amides is 2. The van der Waals surface area contributed by atoms with E-state index < -0.39 is 107 Å². The monoisotopic (exact) mass is 1000 g/mol. The molecule has 6 rings (SSSR count). The molecule has 0 aliphatic carbocycles. The molecule has 17 nitrogen and oxygen atoms in total. The number of fused-ring (bicyclic) bond motifs is 1. The standard InChI is InChI=1S/C56H72N6O11/c1-33(2)38(29-41(63)71-53(5,6)7)49(64)70-47-45(39-30-58-44-43(39)59-32-60-48(44)57)62(52(67)73-55(11,12)13)40(46(47)69-50(65)42(34(3)4)61-51(66)72-54(8,9)10)31-68-56(35-23-17-14-18-24-35,36-25-19-15-20-26-36)37-27-21-16-22-28-37/h14-28,30,32-34,38,40,42,45-47,58H,29,31H2,1-13H3,(H,61,66)(H2,57,59,60)/t38-,40+,42-,45-,46+,47-/m0/s1. The zero-order chi connectivity index (χ0) is 53.6. The number of aromatic amines is 1. The molecule has 2 amide bonds. The van der Waals surface area contributed by atoms with E-state index in [-0.39, 0.29) is 17.8 Å². The van der Waals surface area contributed by atoms with Crippen molar-refractivity contribution in [2.24, 2.45) is 17.8 Å². The van der Waals surface area contributed by atoms with E-state index in [1.807, 2.05) is 91.0 Å². The number of likely N-dealkylation sites (tertiary alicyclic amines) is 1. The first-order valence-corrected chi connectivity index (χ1v) is 24.7. The van der Waals surface area contributed by atoms with E-state index in [4.69, 9.17) is 34.2 Å². The van der Waals surface area contributed by atoms with Crippen LogP contribution in [0.25, 0.3) is 11.0 Å². The Morgan fingerprint density at radius 1 is 0.671 bits per heavy atom. The molecule has 6 atom stereocenters. The van der Waals surface area contributed by atoms with E-state index in [2.05, 4.69) is 20.3 Å². The highest BCUT2D eigenvalue weighted by Gasteiger charge is 2.59. The van der Waals surface area contributed by atoms with Crippen molar-refractivity contribution < 1.29 is 52.4 Å². The number of esters is 3. The number of ether oxygens (including phenoxy) is 6. The highest BCUT2D eigenvalue weighted by atomic mass is 16.6. The minimum absolute atomic E-state index is 0.0954. The third-order valence-electron chi connectivity index (χ3n) is 12.1. The van der Waals surface area contributed by atoms with E-state index >= 15 is 14.4 Å². The molecule has 5 aromatic rings. The van der Waals surface area contributed by atoms with Gasteiger partial charge in [-0.3, -0.25) is 14.5 Å². The van der Waals surface area contributed by atoms with Gasteiger partial charge in [-0.15, -0.1) is 0 Å². The molecule has 3 aromatic carbocycles. The molecule has 1 fully saturated rings. The minimum atomic E-state index is -1.57. The van der Waals surface area contributed by atoms with Crippen LogP contribution in [0.2, 0.25) is 0 Å². The predicted molar refractivity (Wildman–Crippen MR) is 275 cm³/mol. The van der Waals surface area contributed by atoms with Gasteiger partial charge < -0.3 is 44.5 Å². The van der Waals surface area contributed by atoms with Gasteiger partial charge in [0.05, 0.1) is 24.5 Å². The zero-order valence-electron chi connectivity index (χ0n) is 44.3. The molecule has 0 bridgehead atoms. The van der Waals surface area contributed by atoms with Crippen LogP contribution in [0, 0.1) is 17.8 Å². The van der Waals surface area contributed by atoms with Gasteiger partial charge in [0.15, 0.2) is 18.0 Å². The summed E-state index contributed by atoms with van der Waals surface area (Å²) in [5.41, 5.74) is 5.26. The fourth-order valence-electron chi connectivity index (χ4n) is 8.96. The van der Waals surface area contributed by atoms with E-state index in [0.29, 0.717) is 11.1 Å². The van der Waals surface area contributed by atoms with Gasteiger partial charge in [0.1, 0.15) is 52.4 Å². The predicted octanol–water partition coefficient (Wildman–Crippen LogP) is 9.59. The summed E-state index contributed by atoms with van der Waals surface area (Å²) in [4.78, 5) is 85.6. The SMILES string of the molecule is CC(C)[C@H](CC(=O)OC(C)(C)C)C(=O)O[C@@H]1[C@H](OC(=O)[C@@H](NC(=O)OC(C)(C)C)C(C)C)[C@@H](COC(c2ccccc2)(c2ccccc2)c2ccccc2)N(C(=O)OC(C)(C)C)[C@H]1c1c[nH]c2c(N)ncnc12. The van der Waals surface area contributed by atoms with E-state index in [1.165, 1.54) is 11.2 Å². The van der Waals surface area contributed by atoms with E-state index in [1.54, 1.807) is 96.2 Å². The maximum Gasteiger partial charge on any atom is 0.411 e. The zero-order valence-corrected chi connectivity index (χ0v) is 44.3. The van der Waals surface area contributed by atoms with Crippen molar-refractivity contribution in [2.75, 3.05) is 12.3 Å². The first-order valence-electron chi connectivity index (χ1n) is 24.7. The average molecular weight is 1010 g/mol. The molecule has 1 saturated heterocycles. The van der Waals surface area contributed by atoms with Crippen molar-refractivity contribution in [1.82, 2.24) is 25.2 Å². The van der Waals surface area contributed by atoms with Crippen molar-refractivity contribution in [2.45, 2.75) is 149 Å². The Morgan fingerprint density at radius 3 is 1.66 bits per heavy atom. The van der Waals surface area contributed by atoms with Crippen molar-refractivity contribution in [3.05, 3.63) is 126 Å². The molecule has 1 aliphatic rings. The maximum atomic E-state index is 15.4. The molecule has 73 heavy (non-hydrogen) atoms. The number of aromatic nitrogens is 3. The summed E-state index contributed by atoms with van der Waals surface area (Å²) in [6, 6.07) is 24.7. The second-order valence-electron chi connectivity index (χ2n) is 22.0. The number of nitrogen functional groups attached to an aromatic ring is 1. The second kappa shape index (κ2) is 22.4. The Kier molecular flexibility index (Phi) is 17.0. The van der Waals surface area contributed by atoms with Crippen LogP contribution in [0.1, 0.15) is 125 Å². The van der Waals surface area contributed by atoms with Crippen molar-refractivity contribution in [3.8, 4) is 0 Å². The van der Waals surface area contributed by atoms with Gasteiger partial charge in [-0.2, -0.15) is 0 Å². The van der Waals surface area contributed by atoms with E-state index in [0.717, 1.165) is 16.7 Å². The number of hydrogen-bond donors (Lipinski definition) is 3. The lowest BCUT2D eigenvalue weighted by molar-refractivity contribution is -0.176. The van der Waals surface area contributed by atoms with Crippen molar-refractivity contribution in [1.29, 1.82) is 0 Å². The lowest BCUT2D eigenvalue weighted by atomic mass is 9.80. The molecular formula is C56H72N6O11. The Morgan fingerprint density at radius 2 is 1.18 bits per heavy atom. The number of nitrogens with two attached hydrogens (primary N) is 1. The topological polar surface area (TPSA) is 224 Å². The molecule has 1 aliphatic heterocycles. The van der Waals surface area contributed by atoms with Gasteiger partial charge >= 0.3 is 30.1 Å². The molecule has 0 radical (unpaired) electrons. The van der Waals surface area contributed by atoms with Crippen LogP contribution < -0.4 is 11.1 Å². The number of nitrogens with one attached hydrogen (secondary N) is 2. The average Bonchev–Trinajstić information content (AvgIpc) is 3.86. The number of rotatable bonds is 16. The second-order valence-corrected chi connectivity index (χ2v) is 22.0. The van der Waals surface area contributed by atoms with Crippen LogP contribution in [0.4, 0.5) is 15.4 Å². The van der Waals surface area contributed by atoms with Crippen LogP contribution in [-0.4, -0.2) is 97.6 Å². The molecule has 0 unspecified atom stereocenters. The smallest absolute Gasteiger partial charge is 0.411 e. The van der Waals surface area contributed by atoms with Crippen molar-refractivity contribution in [3.63, 3.8) is 0 Å². The molecule has 4 N–H and O–H groups in total. The Balaban J connectivity index is 1.63. The Labute approximate surface area is 428 Å². The molecule has 2 aromatic heterocycles. The van der Waals surface area contributed by atoms with Gasteiger partial charge in [-0.1, -0.05) is 119 Å². The summed E-state index contributed by atoms with van der Waals surface area (Å²) < 4.78 is 38.3. The van der Waals surface area contributed by atoms with Crippen LogP contribution in [0.3, 0.4) is 0 Å². The summed E-state index contributed by atoms with van der Waals surface area (Å²) >= 11 is 0. The van der Waals surface area contributed by atoms with Gasteiger partial charge in [-0.25, -0.2) is 24.4 Å².